The second kappa shape index (κ2) is 11.9. The Hall–Kier alpha value is -3.32. The van der Waals surface area contributed by atoms with E-state index in [2.05, 4.69) is 15.0 Å². The van der Waals surface area contributed by atoms with Crippen molar-refractivity contribution < 1.29 is 14.3 Å². The van der Waals surface area contributed by atoms with Gasteiger partial charge >= 0.3 is 0 Å². The van der Waals surface area contributed by atoms with Crippen LogP contribution in [0.1, 0.15) is 40.2 Å². The molecule has 10 nitrogen and oxygen atoms in total. The van der Waals surface area contributed by atoms with Gasteiger partial charge in [-0.05, 0) is 18.2 Å². The van der Waals surface area contributed by atoms with Gasteiger partial charge in [-0.2, -0.15) is 9.78 Å². The Labute approximate surface area is 250 Å². The fourth-order valence-electron chi connectivity index (χ4n) is 4.49. The van der Waals surface area contributed by atoms with E-state index in [0.29, 0.717) is 59.3 Å². The maximum atomic E-state index is 13.9. The maximum Gasteiger partial charge on any atom is 0.260 e. The lowest BCUT2D eigenvalue weighted by Gasteiger charge is -2.29. The zero-order chi connectivity index (χ0) is 29.3. The molecule has 0 atom stereocenters. The topological polar surface area (TPSA) is 103 Å². The zero-order valence-electron chi connectivity index (χ0n) is 23.3. The van der Waals surface area contributed by atoms with Crippen molar-refractivity contribution >= 4 is 57.5 Å². The predicted octanol–water partition coefficient (Wildman–Crippen LogP) is 4.93. The van der Waals surface area contributed by atoms with E-state index in [-0.39, 0.29) is 23.8 Å². The SMILES string of the molecule is CN(Cc1ccc(Cl)s1)c1cc(-c2cc(N3CCOCC3)cn(CC(=O)c3nccs3)c2=O)nn1C(=O)C(C)(C)C. The molecule has 0 spiro atoms. The highest BCUT2D eigenvalue weighted by Gasteiger charge is 2.29. The number of pyridine rings is 1. The standard InChI is InChI=1S/C28H31ClN6O4S2/c1-28(2,3)27(38)35-24(32(4)16-19-5-6-23(29)41-19)14-21(31-35)20-13-18(33-8-10-39-11-9-33)15-34(26(20)37)17-22(36)25-30-7-12-40-25/h5-7,12-15H,8-11,16-17H2,1-4H3. The third kappa shape index (κ3) is 6.45. The number of halogens is 1. The predicted molar refractivity (Wildman–Crippen MR) is 163 cm³/mol. The number of nitrogens with zero attached hydrogens (tertiary/aromatic N) is 6. The summed E-state index contributed by atoms with van der Waals surface area (Å²) in [5, 5.41) is 6.75. The van der Waals surface area contributed by atoms with E-state index in [1.54, 1.807) is 29.9 Å². The van der Waals surface area contributed by atoms with Crippen LogP contribution in [-0.4, -0.2) is 64.4 Å². The molecule has 0 aliphatic carbocycles. The number of carbonyl (C=O) groups is 2. The van der Waals surface area contributed by atoms with Gasteiger partial charge in [-0.25, -0.2) is 4.98 Å². The summed E-state index contributed by atoms with van der Waals surface area (Å²) in [6.45, 7) is 8.23. The highest BCUT2D eigenvalue weighted by atomic mass is 35.5. The molecule has 1 aliphatic heterocycles. The van der Waals surface area contributed by atoms with Gasteiger partial charge in [-0.1, -0.05) is 32.4 Å². The van der Waals surface area contributed by atoms with E-state index in [9.17, 15) is 14.4 Å². The fourth-order valence-corrected chi connectivity index (χ4v) is 6.20. The Kier molecular flexibility index (Phi) is 8.46. The van der Waals surface area contributed by atoms with Crippen molar-refractivity contribution in [3.63, 3.8) is 0 Å². The first-order valence-electron chi connectivity index (χ1n) is 13.1. The second-order valence-electron chi connectivity index (χ2n) is 10.8. The van der Waals surface area contributed by atoms with Crippen molar-refractivity contribution in [2.75, 3.05) is 43.2 Å². The quantitative estimate of drug-likeness (QED) is 0.258. The average molecular weight is 615 g/mol. The molecule has 216 valence electrons. The molecule has 4 aromatic rings. The molecule has 1 fully saturated rings. The molecule has 0 radical (unpaired) electrons. The van der Waals surface area contributed by atoms with Crippen molar-refractivity contribution in [1.82, 2.24) is 19.3 Å². The van der Waals surface area contributed by atoms with Crippen LogP contribution in [-0.2, 0) is 17.8 Å². The lowest BCUT2D eigenvalue weighted by atomic mass is 9.96. The van der Waals surface area contributed by atoms with E-state index in [0.717, 1.165) is 10.6 Å². The molecule has 0 saturated carbocycles. The van der Waals surface area contributed by atoms with Crippen LogP contribution < -0.4 is 15.4 Å². The summed E-state index contributed by atoms with van der Waals surface area (Å²) >= 11 is 8.85. The van der Waals surface area contributed by atoms with Crippen LogP contribution in [0.4, 0.5) is 11.5 Å². The number of ketones is 1. The number of hydrogen-bond acceptors (Lipinski definition) is 10. The summed E-state index contributed by atoms with van der Waals surface area (Å²) in [6.07, 6.45) is 3.27. The fraction of sp³-hybridized carbons (Fsp3) is 0.393. The Bertz CT molecular complexity index is 1610. The number of aromatic nitrogens is 4. The van der Waals surface area contributed by atoms with Crippen LogP contribution in [0.15, 0.2) is 46.8 Å². The second-order valence-corrected chi connectivity index (χ2v) is 13.5. The first-order chi connectivity index (χ1) is 19.5. The number of thiophene rings is 1. The molecule has 0 amide bonds. The van der Waals surface area contributed by atoms with Gasteiger partial charge in [0.05, 0.1) is 41.9 Å². The largest absolute Gasteiger partial charge is 0.378 e. The van der Waals surface area contributed by atoms with Crippen LogP contribution in [0.5, 0.6) is 0 Å². The number of ether oxygens (including phenoxy) is 1. The zero-order valence-corrected chi connectivity index (χ0v) is 25.7. The number of Topliss-reactive ketones (excluding diaryl/α,β-unsaturated/α-hetero) is 1. The van der Waals surface area contributed by atoms with Crippen molar-refractivity contribution in [3.05, 3.63) is 66.6 Å². The Balaban J connectivity index is 1.61. The maximum absolute atomic E-state index is 13.9. The molecule has 41 heavy (non-hydrogen) atoms. The summed E-state index contributed by atoms with van der Waals surface area (Å²) in [7, 11) is 1.87. The van der Waals surface area contributed by atoms with Gasteiger partial charge in [0.15, 0.2) is 5.01 Å². The van der Waals surface area contributed by atoms with E-state index in [4.69, 9.17) is 16.3 Å². The van der Waals surface area contributed by atoms with Crippen molar-refractivity contribution in [3.8, 4) is 11.3 Å². The van der Waals surface area contributed by atoms with E-state index >= 15 is 0 Å². The Morgan fingerprint density at radius 1 is 1.17 bits per heavy atom. The van der Waals surface area contributed by atoms with Crippen LogP contribution in [0.2, 0.25) is 4.34 Å². The molecule has 0 aromatic carbocycles. The van der Waals surface area contributed by atoms with Gasteiger partial charge in [0, 0.05) is 54.3 Å². The normalized spacial score (nSPS) is 13.9. The van der Waals surface area contributed by atoms with E-state index in [1.165, 1.54) is 31.9 Å². The van der Waals surface area contributed by atoms with Crippen molar-refractivity contribution in [2.24, 2.45) is 5.41 Å². The highest BCUT2D eigenvalue weighted by Crippen LogP contribution is 2.30. The van der Waals surface area contributed by atoms with Gasteiger partial charge in [-0.3, -0.25) is 14.4 Å². The molecular formula is C28H31ClN6O4S2. The molecule has 1 saturated heterocycles. The summed E-state index contributed by atoms with van der Waals surface area (Å²) in [5.41, 5.74) is 0.328. The molecule has 0 N–H and O–H groups in total. The minimum Gasteiger partial charge on any atom is -0.378 e. The number of thiazole rings is 1. The van der Waals surface area contributed by atoms with Crippen molar-refractivity contribution in [2.45, 2.75) is 33.9 Å². The molecule has 4 aromatic heterocycles. The number of morpholine rings is 1. The van der Waals surface area contributed by atoms with Crippen LogP contribution >= 0.6 is 34.3 Å². The Morgan fingerprint density at radius 2 is 1.93 bits per heavy atom. The molecule has 0 bridgehead atoms. The lowest BCUT2D eigenvalue weighted by molar-refractivity contribution is 0.0751. The third-order valence-electron chi connectivity index (χ3n) is 6.65. The molecule has 5 heterocycles. The van der Waals surface area contributed by atoms with Gasteiger partial charge in [0.1, 0.15) is 11.5 Å². The average Bonchev–Trinajstić information content (AvgIpc) is 3.71. The lowest BCUT2D eigenvalue weighted by Crippen LogP contribution is -2.37. The minimum absolute atomic E-state index is 0.162. The van der Waals surface area contributed by atoms with Crippen LogP contribution in [0.3, 0.4) is 0 Å². The summed E-state index contributed by atoms with van der Waals surface area (Å²) in [6, 6.07) is 7.33. The number of hydrogen-bond donors (Lipinski definition) is 0. The summed E-state index contributed by atoms with van der Waals surface area (Å²) in [5.74, 6) is 0.0834. The van der Waals surface area contributed by atoms with E-state index < -0.39 is 5.41 Å². The first-order valence-corrected chi connectivity index (χ1v) is 15.2. The Morgan fingerprint density at radius 3 is 2.56 bits per heavy atom. The smallest absolute Gasteiger partial charge is 0.260 e. The van der Waals surface area contributed by atoms with Crippen LogP contribution in [0, 0.1) is 5.41 Å². The first kappa shape index (κ1) is 29.2. The summed E-state index contributed by atoms with van der Waals surface area (Å²) < 4.78 is 8.98. The molecule has 5 rings (SSSR count). The molecule has 1 aliphatic rings. The summed E-state index contributed by atoms with van der Waals surface area (Å²) in [4.78, 5) is 49.5. The highest BCUT2D eigenvalue weighted by molar-refractivity contribution is 7.16. The van der Waals surface area contributed by atoms with Gasteiger partial charge in [-0.15, -0.1) is 22.7 Å². The van der Waals surface area contributed by atoms with Gasteiger partial charge < -0.3 is 19.1 Å². The molecule has 0 unspecified atom stereocenters. The number of rotatable bonds is 8. The molecular weight excluding hydrogens is 584 g/mol. The van der Waals surface area contributed by atoms with E-state index in [1.807, 2.05) is 44.9 Å². The minimum atomic E-state index is -0.721. The van der Waals surface area contributed by atoms with Gasteiger partial charge in [0.2, 0.25) is 5.78 Å². The molecule has 13 heteroatoms. The van der Waals surface area contributed by atoms with Gasteiger partial charge in [0.25, 0.3) is 11.5 Å². The number of carbonyl (C=O) groups excluding carboxylic acids is 2. The monoisotopic (exact) mass is 614 g/mol. The third-order valence-corrected chi connectivity index (χ3v) is 8.68. The van der Waals surface area contributed by atoms with Crippen molar-refractivity contribution in [1.29, 1.82) is 0 Å². The van der Waals surface area contributed by atoms with Crippen LogP contribution in [0.25, 0.3) is 11.3 Å². The number of anilines is 2.